The van der Waals surface area contributed by atoms with Gasteiger partial charge in [0.25, 0.3) is 5.56 Å². The van der Waals surface area contributed by atoms with Crippen LogP contribution in [0.15, 0.2) is 39.4 Å². The van der Waals surface area contributed by atoms with Crippen LogP contribution in [0.5, 0.6) is 0 Å². The van der Waals surface area contributed by atoms with Crippen LogP contribution in [0, 0.1) is 0 Å². The van der Waals surface area contributed by atoms with Gasteiger partial charge in [0, 0.05) is 18.8 Å². The molecule has 0 spiro atoms. The van der Waals surface area contributed by atoms with Crippen LogP contribution >= 0.6 is 11.8 Å². The highest BCUT2D eigenvalue weighted by atomic mass is 32.2. The van der Waals surface area contributed by atoms with Crippen LogP contribution < -0.4 is 16.6 Å². The zero-order valence-electron chi connectivity index (χ0n) is 10.5. The lowest BCUT2D eigenvalue weighted by molar-refractivity contribution is 0.710. The van der Waals surface area contributed by atoms with Gasteiger partial charge in [0.05, 0.1) is 0 Å². The Kier molecular flexibility index (Phi) is 4.53. The Hall–Kier alpha value is -1.86. The summed E-state index contributed by atoms with van der Waals surface area (Å²) in [5.74, 6) is 0.204. The van der Waals surface area contributed by atoms with Crippen molar-refractivity contribution in [1.29, 1.82) is 0 Å². The highest BCUT2D eigenvalue weighted by Crippen LogP contribution is 2.25. The van der Waals surface area contributed by atoms with E-state index in [1.54, 1.807) is 6.20 Å². The van der Waals surface area contributed by atoms with E-state index >= 15 is 0 Å². The predicted molar refractivity (Wildman–Crippen MR) is 75.0 cm³/mol. The fraction of sp³-hybridized carbons (Fsp3) is 0.250. The minimum atomic E-state index is -0.265. The van der Waals surface area contributed by atoms with Gasteiger partial charge in [0.2, 0.25) is 0 Å². The second-order valence-corrected chi connectivity index (χ2v) is 4.80. The number of nitrogens with one attached hydrogen (secondary N) is 2. The van der Waals surface area contributed by atoms with Gasteiger partial charge in [-0.15, -0.1) is 0 Å². The molecule has 0 aromatic carbocycles. The Morgan fingerprint density at radius 1 is 1.53 bits per heavy atom. The van der Waals surface area contributed by atoms with E-state index in [1.165, 1.54) is 17.8 Å². The number of pyridine rings is 1. The average Bonchev–Trinajstić information content (AvgIpc) is 2.36. The summed E-state index contributed by atoms with van der Waals surface area (Å²) >= 11 is 1.30. The molecule has 0 saturated heterocycles. The van der Waals surface area contributed by atoms with Crippen LogP contribution in [-0.2, 0) is 6.54 Å². The van der Waals surface area contributed by atoms with Crippen molar-refractivity contribution in [1.82, 2.24) is 20.3 Å². The Morgan fingerprint density at radius 3 is 3.11 bits per heavy atom. The van der Waals surface area contributed by atoms with Crippen molar-refractivity contribution in [3.8, 4) is 0 Å². The van der Waals surface area contributed by atoms with Crippen LogP contribution in [0.2, 0.25) is 0 Å². The monoisotopic (exact) mass is 277 g/mol. The molecule has 6 nitrogen and oxygen atoms in total. The molecule has 4 N–H and O–H groups in total. The summed E-state index contributed by atoms with van der Waals surface area (Å²) in [6.45, 7) is 3.64. The minimum Gasteiger partial charge on any atom is -0.383 e. The van der Waals surface area contributed by atoms with E-state index in [9.17, 15) is 4.79 Å². The maximum atomic E-state index is 11.3. The molecule has 0 aliphatic rings. The number of nitrogens with zero attached hydrogens (tertiary/aromatic N) is 2. The fourth-order valence-electron chi connectivity index (χ4n) is 1.50. The number of H-pyrrole nitrogens is 1. The second kappa shape index (κ2) is 6.35. The van der Waals surface area contributed by atoms with Gasteiger partial charge in [-0.25, -0.2) is 9.97 Å². The number of aromatic nitrogens is 3. The van der Waals surface area contributed by atoms with Crippen molar-refractivity contribution < 1.29 is 0 Å². The molecule has 7 heteroatoms. The van der Waals surface area contributed by atoms with E-state index in [0.29, 0.717) is 5.16 Å². The third kappa shape index (κ3) is 3.80. The molecule has 2 heterocycles. The van der Waals surface area contributed by atoms with E-state index < -0.39 is 0 Å². The topological polar surface area (TPSA) is 96.7 Å². The Bertz CT molecular complexity index is 613. The van der Waals surface area contributed by atoms with Gasteiger partial charge in [0.1, 0.15) is 10.8 Å². The van der Waals surface area contributed by atoms with E-state index in [-0.39, 0.29) is 11.4 Å². The Balaban J connectivity index is 2.24. The number of anilines is 1. The van der Waals surface area contributed by atoms with Crippen molar-refractivity contribution >= 4 is 17.6 Å². The molecule has 2 aromatic heterocycles. The number of rotatable bonds is 5. The third-order valence-corrected chi connectivity index (χ3v) is 3.30. The molecule has 0 bridgehead atoms. The van der Waals surface area contributed by atoms with Gasteiger partial charge in [-0.1, -0.05) is 13.0 Å². The van der Waals surface area contributed by atoms with Crippen molar-refractivity contribution in [2.75, 3.05) is 12.3 Å². The summed E-state index contributed by atoms with van der Waals surface area (Å²) in [6.07, 6.45) is 1.71. The molecule has 2 rings (SSSR count). The van der Waals surface area contributed by atoms with Crippen LogP contribution in [-0.4, -0.2) is 21.5 Å². The summed E-state index contributed by atoms with van der Waals surface area (Å²) < 4.78 is 0. The largest absolute Gasteiger partial charge is 0.383 e. The van der Waals surface area contributed by atoms with Crippen molar-refractivity contribution in [3.63, 3.8) is 0 Å². The molecular formula is C12H15N5OS. The quantitative estimate of drug-likeness (QED) is 0.706. The van der Waals surface area contributed by atoms with Crippen molar-refractivity contribution in [3.05, 3.63) is 40.3 Å². The molecule has 100 valence electrons. The van der Waals surface area contributed by atoms with Crippen LogP contribution in [0.25, 0.3) is 0 Å². The standard InChI is InChI=1S/C12H15N5OS/c1-2-14-7-8-4-3-5-15-11(8)19-12-16-9(13)6-10(18)17-12/h3-6,14H,2,7H2,1H3,(H3,13,16,17,18). The molecule has 0 fully saturated rings. The van der Waals surface area contributed by atoms with Crippen LogP contribution in [0.4, 0.5) is 5.82 Å². The lowest BCUT2D eigenvalue weighted by Crippen LogP contribution is -2.13. The van der Waals surface area contributed by atoms with E-state index in [1.807, 2.05) is 19.1 Å². The zero-order valence-corrected chi connectivity index (χ0v) is 11.3. The number of nitrogens with two attached hydrogens (primary N) is 1. The molecule has 0 aliphatic carbocycles. The molecule has 2 aromatic rings. The van der Waals surface area contributed by atoms with E-state index in [0.717, 1.165) is 23.7 Å². The number of hydrogen-bond donors (Lipinski definition) is 3. The SMILES string of the molecule is CCNCc1cccnc1Sc1nc(N)cc(=O)[nH]1. The maximum absolute atomic E-state index is 11.3. The van der Waals surface area contributed by atoms with Gasteiger partial charge >= 0.3 is 0 Å². The van der Waals surface area contributed by atoms with Gasteiger partial charge in [-0.3, -0.25) is 4.79 Å². The smallest absolute Gasteiger partial charge is 0.253 e. The van der Waals surface area contributed by atoms with Crippen LogP contribution in [0.1, 0.15) is 12.5 Å². The Labute approximate surface area is 114 Å². The molecule has 0 amide bonds. The summed E-state index contributed by atoms with van der Waals surface area (Å²) in [6, 6.07) is 5.12. The molecule has 0 aliphatic heterocycles. The van der Waals surface area contributed by atoms with Gasteiger partial charge < -0.3 is 16.0 Å². The fourth-order valence-corrected chi connectivity index (χ4v) is 2.37. The van der Waals surface area contributed by atoms with Crippen LogP contribution in [0.3, 0.4) is 0 Å². The molecule has 19 heavy (non-hydrogen) atoms. The highest BCUT2D eigenvalue weighted by Gasteiger charge is 2.07. The summed E-state index contributed by atoms with van der Waals surface area (Å²) in [7, 11) is 0. The number of aromatic amines is 1. The molecule has 0 radical (unpaired) electrons. The first kappa shape index (κ1) is 13.6. The van der Waals surface area contributed by atoms with E-state index in [4.69, 9.17) is 5.73 Å². The van der Waals surface area contributed by atoms with Crippen molar-refractivity contribution in [2.45, 2.75) is 23.7 Å². The van der Waals surface area contributed by atoms with Crippen molar-refractivity contribution in [2.24, 2.45) is 0 Å². The Morgan fingerprint density at radius 2 is 2.37 bits per heavy atom. The third-order valence-electron chi connectivity index (χ3n) is 2.35. The maximum Gasteiger partial charge on any atom is 0.253 e. The number of hydrogen-bond acceptors (Lipinski definition) is 6. The number of nitrogen functional groups attached to an aromatic ring is 1. The minimum absolute atomic E-state index is 0.204. The normalized spacial score (nSPS) is 10.6. The lowest BCUT2D eigenvalue weighted by Gasteiger charge is -2.07. The molecular weight excluding hydrogens is 262 g/mol. The summed E-state index contributed by atoms with van der Waals surface area (Å²) in [4.78, 5) is 22.4. The summed E-state index contributed by atoms with van der Waals surface area (Å²) in [5, 5.41) is 4.49. The van der Waals surface area contributed by atoms with Gasteiger partial charge in [0.15, 0.2) is 5.16 Å². The molecule has 0 unspecified atom stereocenters. The first-order chi connectivity index (χ1) is 9.19. The van der Waals surface area contributed by atoms with Gasteiger partial charge in [-0.2, -0.15) is 0 Å². The lowest BCUT2D eigenvalue weighted by atomic mass is 10.3. The summed E-state index contributed by atoms with van der Waals surface area (Å²) in [5.41, 5.74) is 6.34. The van der Waals surface area contributed by atoms with Gasteiger partial charge in [-0.05, 0) is 29.9 Å². The molecule has 0 saturated carbocycles. The second-order valence-electron chi connectivity index (χ2n) is 3.83. The average molecular weight is 277 g/mol. The highest BCUT2D eigenvalue weighted by molar-refractivity contribution is 7.99. The first-order valence-corrected chi connectivity index (χ1v) is 6.70. The molecule has 0 atom stereocenters. The zero-order chi connectivity index (χ0) is 13.7. The predicted octanol–water partition coefficient (Wildman–Crippen LogP) is 1.01. The van der Waals surface area contributed by atoms with E-state index in [2.05, 4.69) is 20.3 Å². The first-order valence-electron chi connectivity index (χ1n) is 5.88.